The summed E-state index contributed by atoms with van der Waals surface area (Å²) >= 11 is 6.05. The van der Waals surface area contributed by atoms with Crippen molar-refractivity contribution in [2.45, 2.75) is 12.5 Å². The Hall–Kier alpha value is -3.90. The van der Waals surface area contributed by atoms with Gasteiger partial charge in [-0.15, -0.1) is 0 Å². The highest BCUT2D eigenvalue weighted by atomic mass is 35.5. The molecule has 2 heterocycles. The molecule has 1 aromatic heterocycles. The van der Waals surface area contributed by atoms with Crippen molar-refractivity contribution in [3.8, 4) is 0 Å². The van der Waals surface area contributed by atoms with E-state index < -0.39 is 23.5 Å². The van der Waals surface area contributed by atoms with Gasteiger partial charge in [-0.3, -0.25) is 9.59 Å². The van der Waals surface area contributed by atoms with E-state index in [1.807, 2.05) is 6.07 Å². The summed E-state index contributed by atoms with van der Waals surface area (Å²) in [5.74, 6) is -2.15. The number of nitrogens with zero attached hydrogens (tertiary/aromatic N) is 1. The number of carbonyl (C=O) groups is 2. The van der Waals surface area contributed by atoms with Gasteiger partial charge in [0.2, 0.25) is 5.78 Å². The summed E-state index contributed by atoms with van der Waals surface area (Å²) in [6.45, 7) is 0.223. The first kappa shape index (κ1) is 21.9. The van der Waals surface area contributed by atoms with Crippen LogP contribution in [-0.4, -0.2) is 28.2 Å². The van der Waals surface area contributed by atoms with Crippen LogP contribution in [0.25, 0.3) is 11.0 Å². The lowest BCUT2D eigenvalue weighted by atomic mass is 9.95. The maximum absolute atomic E-state index is 13.5. The summed E-state index contributed by atoms with van der Waals surface area (Å²) in [4.78, 5) is 28.1. The third-order valence-electron chi connectivity index (χ3n) is 5.92. The molecule has 5 rings (SSSR count). The smallest absolute Gasteiger partial charge is 0.290 e. The van der Waals surface area contributed by atoms with Crippen LogP contribution in [0.1, 0.15) is 27.7 Å². The number of carbonyl (C=O) groups excluding carboxylic acids is 2. The van der Waals surface area contributed by atoms with Gasteiger partial charge in [-0.05, 0) is 53.9 Å². The number of aliphatic hydroxyl groups is 1. The van der Waals surface area contributed by atoms with Gasteiger partial charge >= 0.3 is 0 Å². The van der Waals surface area contributed by atoms with Crippen molar-refractivity contribution in [1.82, 2.24) is 4.90 Å². The lowest BCUT2D eigenvalue weighted by Crippen LogP contribution is -2.33. The molecule has 3 aromatic carbocycles. The van der Waals surface area contributed by atoms with Gasteiger partial charge in [0, 0.05) is 17.0 Å². The van der Waals surface area contributed by atoms with Crippen LogP contribution >= 0.6 is 11.6 Å². The van der Waals surface area contributed by atoms with Gasteiger partial charge in [-0.25, -0.2) is 4.39 Å². The van der Waals surface area contributed by atoms with Crippen LogP contribution in [-0.2, 0) is 11.2 Å². The summed E-state index contributed by atoms with van der Waals surface area (Å²) in [5.41, 5.74) is 1.94. The lowest BCUT2D eigenvalue weighted by Gasteiger charge is -2.26. The Labute approximate surface area is 199 Å². The number of hydrogen-bond acceptors (Lipinski definition) is 4. The minimum atomic E-state index is -0.793. The Morgan fingerprint density at radius 3 is 2.50 bits per heavy atom. The summed E-state index contributed by atoms with van der Waals surface area (Å²) in [7, 11) is 0. The Kier molecular flexibility index (Phi) is 5.67. The first-order chi connectivity index (χ1) is 16.4. The standard InChI is InChI=1S/C27H19ClFNO4/c28-19-8-11-21-18(14-19)15-22(34-21)25(31)23-24(17-4-2-1-3-5-17)30(27(33)26(23)32)13-12-16-6-9-20(29)10-7-16/h1-11,14-15,24,32H,12-13H2. The predicted octanol–water partition coefficient (Wildman–Crippen LogP) is 6.05. The third-order valence-corrected chi connectivity index (χ3v) is 6.16. The van der Waals surface area contributed by atoms with Gasteiger partial charge in [0.1, 0.15) is 11.4 Å². The zero-order chi connectivity index (χ0) is 23.8. The second kappa shape index (κ2) is 8.80. The van der Waals surface area contributed by atoms with E-state index in [0.29, 0.717) is 28.0 Å². The van der Waals surface area contributed by atoms with Crippen molar-refractivity contribution in [2.24, 2.45) is 0 Å². The molecule has 0 aliphatic carbocycles. The Bertz CT molecular complexity index is 1430. The molecular weight excluding hydrogens is 457 g/mol. The molecule has 0 radical (unpaired) electrons. The summed E-state index contributed by atoms with van der Waals surface area (Å²) in [6, 6.07) is 20.8. The number of benzene rings is 3. The van der Waals surface area contributed by atoms with E-state index in [1.165, 1.54) is 17.0 Å². The second-order valence-electron chi connectivity index (χ2n) is 8.07. The van der Waals surface area contributed by atoms with Gasteiger partial charge < -0.3 is 14.4 Å². The van der Waals surface area contributed by atoms with Crippen LogP contribution in [0.2, 0.25) is 5.02 Å². The fourth-order valence-corrected chi connectivity index (χ4v) is 4.44. The number of fused-ring (bicyclic) bond motifs is 1. The molecule has 1 amide bonds. The molecule has 0 spiro atoms. The Balaban J connectivity index is 1.52. The fourth-order valence-electron chi connectivity index (χ4n) is 4.26. The second-order valence-corrected chi connectivity index (χ2v) is 8.51. The Morgan fingerprint density at radius 1 is 1.03 bits per heavy atom. The highest BCUT2D eigenvalue weighted by Gasteiger charge is 2.44. The summed E-state index contributed by atoms with van der Waals surface area (Å²) < 4.78 is 19.0. The number of furan rings is 1. The van der Waals surface area contributed by atoms with Crippen LogP contribution < -0.4 is 0 Å². The van der Waals surface area contributed by atoms with E-state index in [-0.39, 0.29) is 23.7 Å². The van der Waals surface area contributed by atoms with Crippen LogP contribution in [0.5, 0.6) is 0 Å². The maximum atomic E-state index is 13.5. The monoisotopic (exact) mass is 475 g/mol. The normalized spacial score (nSPS) is 16.0. The molecule has 7 heteroatoms. The molecule has 1 aliphatic rings. The van der Waals surface area contributed by atoms with Crippen LogP contribution in [0, 0.1) is 5.82 Å². The van der Waals surface area contributed by atoms with Crippen LogP contribution in [0.3, 0.4) is 0 Å². The number of halogens is 2. The minimum Gasteiger partial charge on any atom is -0.503 e. The fraction of sp³-hybridized carbons (Fsp3) is 0.111. The van der Waals surface area contributed by atoms with Crippen molar-refractivity contribution in [2.75, 3.05) is 6.54 Å². The molecule has 0 saturated heterocycles. The van der Waals surface area contributed by atoms with Gasteiger partial charge in [0.05, 0.1) is 11.6 Å². The highest BCUT2D eigenvalue weighted by Crippen LogP contribution is 2.39. The number of Topliss-reactive ketones (excluding diaryl/α,β-unsaturated/α-hetero) is 1. The average molecular weight is 476 g/mol. The predicted molar refractivity (Wildman–Crippen MR) is 126 cm³/mol. The van der Waals surface area contributed by atoms with Crippen molar-refractivity contribution < 1.29 is 23.5 Å². The van der Waals surface area contributed by atoms with Crippen molar-refractivity contribution in [3.05, 3.63) is 118 Å². The van der Waals surface area contributed by atoms with Crippen LogP contribution in [0.4, 0.5) is 4.39 Å². The van der Waals surface area contributed by atoms with E-state index in [1.54, 1.807) is 60.7 Å². The molecule has 0 bridgehead atoms. The lowest BCUT2D eigenvalue weighted by molar-refractivity contribution is -0.129. The number of hydrogen-bond donors (Lipinski definition) is 1. The first-order valence-electron chi connectivity index (χ1n) is 10.7. The molecule has 0 saturated carbocycles. The molecule has 1 N–H and O–H groups in total. The number of ketones is 1. The molecule has 1 atom stereocenters. The molecular formula is C27H19ClFNO4. The Morgan fingerprint density at radius 2 is 1.76 bits per heavy atom. The topological polar surface area (TPSA) is 70.8 Å². The molecule has 0 fully saturated rings. The average Bonchev–Trinajstić information content (AvgIpc) is 3.37. The van der Waals surface area contributed by atoms with E-state index in [0.717, 1.165) is 5.56 Å². The number of rotatable bonds is 6. The van der Waals surface area contributed by atoms with E-state index in [9.17, 15) is 19.1 Å². The SMILES string of the molecule is O=C(C1=C(O)C(=O)N(CCc2ccc(F)cc2)C1c1ccccc1)c1cc2cc(Cl)ccc2o1. The molecule has 5 nitrogen and oxygen atoms in total. The van der Waals surface area contributed by atoms with Gasteiger partial charge in [-0.1, -0.05) is 54.1 Å². The molecule has 170 valence electrons. The third kappa shape index (κ3) is 3.97. The van der Waals surface area contributed by atoms with Crippen molar-refractivity contribution in [3.63, 3.8) is 0 Å². The van der Waals surface area contributed by atoms with Crippen molar-refractivity contribution in [1.29, 1.82) is 0 Å². The van der Waals surface area contributed by atoms with E-state index in [4.69, 9.17) is 16.0 Å². The number of aliphatic hydroxyl groups excluding tert-OH is 1. The van der Waals surface area contributed by atoms with Gasteiger partial charge in [-0.2, -0.15) is 0 Å². The molecule has 34 heavy (non-hydrogen) atoms. The molecule has 1 unspecified atom stereocenters. The quantitative estimate of drug-likeness (QED) is 0.345. The summed E-state index contributed by atoms with van der Waals surface area (Å²) in [5, 5.41) is 11.9. The zero-order valence-electron chi connectivity index (χ0n) is 17.9. The largest absolute Gasteiger partial charge is 0.503 e. The number of amides is 1. The van der Waals surface area contributed by atoms with Gasteiger partial charge in [0.25, 0.3) is 5.91 Å². The zero-order valence-corrected chi connectivity index (χ0v) is 18.6. The molecule has 4 aromatic rings. The summed E-state index contributed by atoms with van der Waals surface area (Å²) in [6.07, 6.45) is 0.424. The van der Waals surface area contributed by atoms with Crippen LogP contribution in [0.15, 0.2) is 94.6 Å². The van der Waals surface area contributed by atoms with Crippen molar-refractivity contribution >= 4 is 34.3 Å². The minimum absolute atomic E-state index is 0.00734. The van der Waals surface area contributed by atoms with Gasteiger partial charge in [0.15, 0.2) is 11.5 Å². The van der Waals surface area contributed by atoms with E-state index in [2.05, 4.69) is 0 Å². The highest BCUT2D eigenvalue weighted by molar-refractivity contribution is 6.31. The maximum Gasteiger partial charge on any atom is 0.290 e. The molecule has 1 aliphatic heterocycles. The van der Waals surface area contributed by atoms with E-state index >= 15 is 0 Å². The first-order valence-corrected chi connectivity index (χ1v) is 11.1.